The molecule has 1 amide bonds. The smallest absolute Gasteiger partial charge is 0.221 e. The van der Waals surface area contributed by atoms with Gasteiger partial charge in [-0.3, -0.25) is 9.79 Å². The first-order chi connectivity index (χ1) is 10.7. The summed E-state index contributed by atoms with van der Waals surface area (Å²) >= 11 is 0. The van der Waals surface area contributed by atoms with E-state index in [-0.39, 0.29) is 11.9 Å². The Morgan fingerprint density at radius 1 is 1.45 bits per heavy atom. The van der Waals surface area contributed by atoms with E-state index in [1.165, 1.54) is 0 Å². The van der Waals surface area contributed by atoms with Crippen molar-refractivity contribution in [1.29, 1.82) is 0 Å². The van der Waals surface area contributed by atoms with Gasteiger partial charge in [-0.15, -0.1) is 0 Å². The number of benzene rings is 1. The minimum Gasteiger partial charge on any atom is -0.493 e. The number of nitrogens with zero attached hydrogens (tertiary/aromatic N) is 1. The molecule has 2 rings (SSSR count). The van der Waals surface area contributed by atoms with Crippen LogP contribution in [0.2, 0.25) is 0 Å². The molecule has 22 heavy (non-hydrogen) atoms. The Hall–Kier alpha value is -2.24. The Kier molecular flexibility index (Phi) is 6.06. The molecule has 1 atom stereocenters. The predicted octanol–water partition coefficient (Wildman–Crippen LogP) is 1.33. The van der Waals surface area contributed by atoms with Crippen molar-refractivity contribution in [3.05, 3.63) is 29.8 Å². The maximum atomic E-state index is 11.5. The van der Waals surface area contributed by atoms with Gasteiger partial charge in [0.05, 0.1) is 19.2 Å². The molecule has 0 aliphatic carbocycles. The highest BCUT2D eigenvalue weighted by atomic mass is 16.5. The fourth-order valence-electron chi connectivity index (χ4n) is 2.35. The minimum absolute atomic E-state index is 0.00909. The molecule has 120 valence electrons. The normalized spacial score (nSPS) is 17.3. The van der Waals surface area contributed by atoms with Crippen LogP contribution in [0.5, 0.6) is 5.75 Å². The van der Waals surface area contributed by atoms with E-state index >= 15 is 0 Å². The number of carbonyl (C=O) groups excluding carboxylic acids is 1. The number of fused-ring (bicyclic) bond motifs is 1. The summed E-state index contributed by atoms with van der Waals surface area (Å²) in [7, 11) is 0. The van der Waals surface area contributed by atoms with Gasteiger partial charge >= 0.3 is 0 Å². The van der Waals surface area contributed by atoms with Gasteiger partial charge in [0.1, 0.15) is 5.75 Å². The van der Waals surface area contributed by atoms with Crippen LogP contribution < -0.4 is 21.1 Å². The van der Waals surface area contributed by atoms with Crippen molar-refractivity contribution in [3.8, 4) is 5.75 Å². The Morgan fingerprint density at radius 3 is 3.09 bits per heavy atom. The predicted molar refractivity (Wildman–Crippen MR) is 86.8 cm³/mol. The van der Waals surface area contributed by atoms with Crippen LogP contribution in [-0.4, -0.2) is 31.6 Å². The standard InChI is InChI=1S/C16H24N4O2/c1-2-9-18-15(21)7-10-19-16(17)20-13-8-11-22-14-6-4-3-5-12(13)14/h3-6,13H,2,7-11H2,1H3,(H,18,21)(H3,17,19,20). The Morgan fingerprint density at radius 2 is 2.27 bits per heavy atom. The van der Waals surface area contributed by atoms with Gasteiger partial charge < -0.3 is 21.1 Å². The molecule has 0 fully saturated rings. The lowest BCUT2D eigenvalue weighted by Gasteiger charge is -2.26. The zero-order chi connectivity index (χ0) is 15.8. The summed E-state index contributed by atoms with van der Waals surface area (Å²) in [6, 6.07) is 8.01. The van der Waals surface area contributed by atoms with Crippen molar-refractivity contribution in [2.45, 2.75) is 32.2 Å². The van der Waals surface area contributed by atoms with Crippen molar-refractivity contribution in [2.24, 2.45) is 10.7 Å². The monoisotopic (exact) mass is 304 g/mol. The molecule has 0 bridgehead atoms. The third-order valence-electron chi connectivity index (χ3n) is 3.47. The van der Waals surface area contributed by atoms with Crippen LogP contribution in [0.1, 0.15) is 37.8 Å². The van der Waals surface area contributed by atoms with Gasteiger partial charge in [-0.25, -0.2) is 0 Å². The van der Waals surface area contributed by atoms with Crippen LogP contribution in [0, 0.1) is 0 Å². The third kappa shape index (κ3) is 4.65. The van der Waals surface area contributed by atoms with E-state index in [0.717, 1.165) is 24.2 Å². The fraction of sp³-hybridized carbons (Fsp3) is 0.500. The zero-order valence-electron chi connectivity index (χ0n) is 13.0. The second kappa shape index (κ2) is 8.26. The van der Waals surface area contributed by atoms with Crippen molar-refractivity contribution in [1.82, 2.24) is 10.6 Å². The number of aliphatic imine (C=N–C) groups is 1. The second-order valence-corrected chi connectivity index (χ2v) is 5.24. The van der Waals surface area contributed by atoms with Crippen molar-refractivity contribution in [2.75, 3.05) is 19.7 Å². The number of hydrogen-bond donors (Lipinski definition) is 3. The number of guanidine groups is 1. The number of ether oxygens (including phenoxy) is 1. The molecule has 0 radical (unpaired) electrons. The summed E-state index contributed by atoms with van der Waals surface area (Å²) in [5.41, 5.74) is 7.00. The average Bonchev–Trinajstić information content (AvgIpc) is 2.53. The molecule has 1 aromatic carbocycles. The summed E-state index contributed by atoms with van der Waals surface area (Å²) in [4.78, 5) is 15.7. The van der Waals surface area contributed by atoms with Crippen molar-refractivity contribution >= 4 is 11.9 Å². The molecule has 0 saturated heterocycles. The van der Waals surface area contributed by atoms with Gasteiger partial charge in [0.2, 0.25) is 5.91 Å². The van der Waals surface area contributed by atoms with Crippen molar-refractivity contribution in [3.63, 3.8) is 0 Å². The highest BCUT2D eigenvalue weighted by molar-refractivity contribution is 5.79. The van der Waals surface area contributed by atoms with Gasteiger partial charge in [0.25, 0.3) is 0 Å². The van der Waals surface area contributed by atoms with Gasteiger partial charge in [0, 0.05) is 24.9 Å². The second-order valence-electron chi connectivity index (χ2n) is 5.24. The number of amides is 1. The molecule has 0 saturated carbocycles. The Labute approximate surface area is 131 Å². The van der Waals surface area contributed by atoms with E-state index < -0.39 is 0 Å². The maximum absolute atomic E-state index is 11.5. The number of para-hydroxylation sites is 1. The molecule has 6 nitrogen and oxygen atoms in total. The third-order valence-corrected chi connectivity index (χ3v) is 3.47. The number of carbonyl (C=O) groups is 1. The first-order valence-corrected chi connectivity index (χ1v) is 7.75. The SMILES string of the molecule is CCCNC(=O)CCN=C(N)NC1CCOc2ccccc21. The Balaban J connectivity index is 1.83. The number of nitrogens with one attached hydrogen (secondary N) is 2. The number of hydrogen-bond acceptors (Lipinski definition) is 3. The first kappa shape index (κ1) is 16.1. The zero-order valence-corrected chi connectivity index (χ0v) is 13.0. The topological polar surface area (TPSA) is 88.7 Å². The molecular weight excluding hydrogens is 280 g/mol. The van der Waals surface area contributed by atoms with Crippen LogP contribution in [-0.2, 0) is 4.79 Å². The summed E-state index contributed by atoms with van der Waals surface area (Å²) < 4.78 is 5.61. The van der Waals surface area contributed by atoms with E-state index in [4.69, 9.17) is 10.5 Å². The van der Waals surface area contributed by atoms with E-state index in [9.17, 15) is 4.79 Å². The highest BCUT2D eigenvalue weighted by Gasteiger charge is 2.21. The summed E-state index contributed by atoms with van der Waals surface area (Å²) in [6.45, 7) is 3.77. The first-order valence-electron chi connectivity index (χ1n) is 7.75. The number of rotatable bonds is 6. The molecule has 4 N–H and O–H groups in total. The molecule has 1 aliphatic heterocycles. The minimum atomic E-state index is 0.00909. The summed E-state index contributed by atoms with van der Waals surface area (Å²) in [5, 5.41) is 6.02. The quantitative estimate of drug-likeness (QED) is 0.546. The molecule has 6 heteroatoms. The van der Waals surface area contributed by atoms with Crippen LogP contribution in [0.4, 0.5) is 0 Å². The molecular formula is C16H24N4O2. The fourth-order valence-corrected chi connectivity index (χ4v) is 2.35. The average molecular weight is 304 g/mol. The summed E-state index contributed by atoms with van der Waals surface area (Å²) in [6.07, 6.45) is 2.12. The summed E-state index contributed by atoms with van der Waals surface area (Å²) in [5.74, 6) is 1.26. The van der Waals surface area contributed by atoms with E-state index in [0.29, 0.717) is 32.1 Å². The molecule has 1 unspecified atom stereocenters. The van der Waals surface area contributed by atoms with E-state index in [2.05, 4.69) is 15.6 Å². The maximum Gasteiger partial charge on any atom is 0.221 e. The lowest BCUT2D eigenvalue weighted by Crippen LogP contribution is -2.37. The molecule has 1 heterocycles. The van der Waals surface area contributed by atoms with Gasteiger partial charge in [-0.1, -0.05) is 25.1 Å². The van der Waals surface area contributed by atoms with Gasteiger partial charge in [-0.05, 0) is 12.5 Å². The lowest BCUT2D eigenvalue weighted by molar-refractivity contribution is -0.120. The van der Waals surface area contributed by atoms with Crippen molar-refractivity contribution < 1.29 is 9.53 Å². The molecule has 0 spiro atoms. The molecule has 1 aliphatic rings. The van der Waals surface area contributed by atoms with E-state index in [1.54, 1.807) is 0 Å². The van der Waals surface area contributed by atoms with Crippen LogP contribution in [0.3, 0.4) is 0 Å². The largest absolute Gasteiger partial charge is 0.493 e. The van der Waals surface area contributed by atoms with Crippen LogP contribution in [0.25, 0.3) is 0 Å². The lowest BCUT2D eigenvalue weighted by atomic mass is 10.0. The Bertz CT molecular complexity index is 531. The van der Waals surface area contributed by atoms with Crippen LogP contribution in [0.15, 0.2) is 29.3 Å². The molecule has 0 aromatic heterocycles. The van der Waals surface area contributed by atoms with Gasteiger partial charge in [0.15, 0.2) is 5.96 Å². The molecule has 1 aromatic rings. The van der Waals surface area contributed by atoms with Crippen LogP contribution >= 0.6 is 0 Å². The number of nitrogens with two attached hydrogens (primary N) is 1. The highest BCUT2D eigenvalue weighted by Crippen LogP contribution is 2.31. The van der Waals surface area contributed by atoms with E-state index in [1.807, 2.05) is 31.2 Å². The van der Waals surface area contributed by atoms with Gasteiger partial charge in [-0.2, -0.15) is 0 Å².